The van der Waals surface area contributed by atoms with Crippen molar-refractivity contribution in [2.24, 2.45) is 0 Å². The van der Waals surface area contributed by atoms with Crippen LogP contribution in [0.25, 0.3) is 0 Å². The Morgan fingerprint density at radius 1 is 1.00 bits per heavy atom. The molecule has 0 aliphatic carbocycles. The van der Waals surface area contributed by atoms with E-state index in [9.17, 15) is 35.5 Å². The van der Waals surface area contributed by atoms with Gasteiger partial charge >= 0.3 is 12.1 Å². The van der Waals surface area contributed by atoms with Crippen LogP contribution < -0.4 is 10.2 Å². The Morgan fingerprint density at radius 2 is 1.58 bits per heavy atom. The monoisotopic (exact) mass is 516 g/mol. The quantitative estimate of drug-likeness (QED) is 0.473. The number of carbonyl (C=O) groups is 1. The van der Waals surface area contributed by atoms with Gasteiger partial charge in [-0.15, -0.1) is 0 Å². The summed E-state index contributed by atoms with van der Waals surface area (Å²) in [7, 11) is 0. The number of piperidine rings is 1. The molecule has 2 heterocycles. The number of fused-ring (bicyclic) bond motifs is 2. The van der Waals surface area contributed by atoms with Gasteiger partial charge in [-0.2, -0.15) is 22.0 Å². The molecule has 0 bridgehead atoms. The molecule has 2 aromatic rings. The highest BCUT2D eigenvalue weighted by Crippen LogP contribution is 2.55. The maximum Gasteiger partial charge on any atom is 0.453 e. The van der Waals surface area contributed by atoms with Crippen molar-refractivity contribution in [2.75, 3.05) is 18.0 Å². The molecular formula is C26H27F7N2O. The second-order valence-corrected chi connectivity index (χ2v) is 10.6. The van der Waals surface area contributed by atoms with E-state index in [-0.39, 0.29) is 23.9 Å². The van der Waals surface area contributed by atoms with Crippen molar-refractivity contribution in [1.82, 2.24) is 5.32 Å². The zero-order chi connectivity index (χ0) is 26.7. The van der Waals surface area contributed by atoms with Gasteiger partial charge in [0.25, 0.3) is 5.91 Å². The largest absolute Gasteiger partial charge is 0.453 e. The molecule has 0 aromatic heterocycles. The molecule has 10 heteroatoms. The smallest absolute Gasteiger partial charge is 0.317 e. The van der Waals surface area contributed by atoms with Crippen molar-refractivity contribution >= 4 is 11.6 Å². The third-order valence-corrected chi connectivity index (χ3v) is 7.36. The van der Waals surface area contributed by atoms with Crippen molar-refractivity contribution in [3.63, 3.8) is 0 Å². The van der Waals surface area contributed by atoms with Crippen molar-refractivity contribution in [1.29, 1.82) is 0 Å². The zero-order valence-corrected chi connectivity index (χ0v) is 20.1. The Bertz CT molecular complexity index is 1140. The van der Waals surface area contributed by atoms with Gasteiger partial charge < -0.3 is 10.2 Å². The van der Waals surface area contributed by atoms with Gasteiger partial charge in [-0.05, 0) is 60.7 Å². The van der Waals surface area contributed by atoms with Crippen LogP contribution in [-0.4, -0.2) is 37.1 Å². The minimum atomic E-state index is -5.86. The molecule has 4 rings (SSSR count). The van der Waals surface area contributed by atoms with Crippen molar-refractivity contribution < 1.29 is 35.5 Å². The molecule has 1 amide bonds. The van der Waals surface area contributed by atoms with Crippen molar-refractivity contribution in [3.8, 4) is 0 Å². The molecule has 0 radical (unpaired) electrons. The van der Waals surface area contributed by atoms with Gasteiger partial charge in [0, 0.05) is 17.5 Å². The van der Waals surface area contributed by atoms with Crippen LogP contribution in [0.3, 0.4) is 0 Å². The Kier molecular flexibility index (Phi) is 6.42. The average molecular weight is 517 g/mol. The van der Waals surface area contributed by atoms with Crippen LogP contribution in [0.15, 0.2) is 36.4 Å². The van der Waals surface area contributed by atoms with Crippen LogP contribution in [-0.2, 0) is 10.8 Å². The van der Waals surface area contributed by atoms with Gasteiger partial charge in [0.15, 0.2) is 0 Å². The number of nitrogens with one attached hydrogen (secondary N) is 1. The van der Waals surface area contributed by atoms with E-state index in [4.69, 9.17) is 0 Å². The van der Waals surface area contributed by atoms with E-state index >= 15 is 0 Å². The minimum absolute atomic E-state index is 0.0977. The topological polar surface area (TPSA) is 32.3 Å². The zero-order valence-electron chi connectivity index (χ0n) is 20.1. The Morgan fingerprint density at radius 3 is 2.11 bits per heavy atom. The summed E-state index contributed by atoms with van der Waals surface area (Å²) in [5.74, 6) is -8.86. The molecule has 2 aliphatic rings. The normalized spacial score (nSPS) is 20.1. The first-order valence-corrected chi connectivity index (χ1v) is 11.7. The second kappa shape index (κ2) is 8.75. The lowest BCUT2D eigenvalue weighted by molar-refractivity contribution is -0.286. The fourth-order valence-electron chi connectivity index (χ4n) is 5.40. The minimum Gasteiger partial charge on any atom is -0.317 e. The first-order chi connectivity index (χ1) is 16.6. The van der Waals surface area contributed by atoms with Gasteiger partial charge in [0.05, 0.1) is 6.04 Å². The maximum atomic E-state index is 14.6. The lowest BCUT2D eigenvalue weighted by Gasteiger charge is -2.43. The van der Waals surface area contributed by atoms with Crippen LogP contribution in [0.4, 0.5) is 36.4 Å². The summed E-state index contributed by atoms with van der Waals surface area (Å²) >= 11 is 0. The fraction of sp³-hybridized carbons (Fsp3) is 0.500. The molecule has 1 N–H and O–H groups in total. The molecule has 196 valence electrons. The Hall–Kier alpha value is -2.62. The molecule has 1 fully saturated rings. The molecule has 0 saturated carbocycles. The maximum absolute atomic E-state index is 14.6. The third-order valence-electron chi connectivity index (χ3n) is 7.36. The highest BCUT2D eigenvalue weighted by molar-refractivity contribution is 6.08. The number of halogens is 7. The summed E-state index contributed by atoms with van der Waals surface area (Å²) in [6.07, 6.45) is -7.23. The molecule has 2 aliphatic heterocycles. The lowest BCUT2D eigenvalue weighted by Crippen LogP contribution is -2.56. The van der Waals surface area contributed by atoms with E-state index < -0.39 is 53.1 Å². The highest BCUT2D eigenvalue weighted by atomic mass is 19.4. The van der Waals surface area contributed by atoms with Crippen LogP contribution in [0.2, 0.25) is 0 Å². The number of hydrogen-bond acceptors (Lipinski definition) is 2. The number of amides is 1. The molecule has 1 spiro atoms. The number of nitrogens with zero attached hydrogens (tertiary/aromatic N) is 1. The molecule has 2 aromatic carbocycles. The van der Waals surface area contributed by atoms with E-state index in [1.165, 1.54) is 6.07 Å². The van der Waals surface area contributed by atoms with Crippen LogP contribution >= 0.6 is 0 Å². The van der Waals surface area contributed by atoms with Gasteiger partial charge in [0.2, 0.25) is 0 Å². The first-order valence-electron chi connectivity index (χ1n) is 11.7. The van der Waals surface area contributed by atoms with Crippen LogP contribution in [0.1, 0.15) is 61.5 Å². The predicted octanol–water partition coefficient (Wildman–Crippen LogP) is 6.50. The lowest BCUT2D eigenvalue weighted by atomic mass is 9.67. The second-order valence-electron chi connectivity index (χ2n) is 10.6. The van der Waals surface area contributed by atoms with Gasteiger partial charge in [-0.25, -0.2) is 8.78 Å². The summed E-state index contributed by atoms with van der Waals surface area (Å²) in [4.78, 5) is 14.4. The molecule has 1 atom stereocenters. The highest BCUT2D eigenvalue weighted by Gasteiger charge is 2.63. The summed E-state index contributed by atoms with van der Waals surface area (Å²) in [6.45, 7) is 6.41. The molecule has 0 unspecified atom stereocenters. The summed E-state index contributed by atoms with van der Waals surface area (Å²) in [5.41, 5.74) is -1.29. The summed E-state index contributed by atoms with van der Waals surface area (Å²) in [6, 6.07) is 5.94. The number of carbonyl (C=O) groups excluding carboxylic acids is 1. The standard InChI is InChI=1S/C26H27F7N2O/c1-23(2,3)15-7-8-19-16(13-15)24(9-11-34-12-10-24)20(14-25(29,30)26(31,32)33)35(19)22(36)21-17(27)5-4-6-18(21)28/h4-8,13,20,34H,9-12,14H2,1-3H3/t20-/m1/s1. The van der Waals surface area contributed by atoms with Gasteiger partial charge in [0.1, 0.15) is 17.2 Å². The van der Waals surface area contributed by atoms with Crippen LogP contribution in [0, 0.1) is 11.6 Å². The number of benzene rings is 2. The fourth-order valence-corrected chi connectivity index (χ4v) is 5.40. The molecular weight excluding hydrogens is 489 g/mol. The van der Waals surface area contributed by atoms with Gasteiger partial charge in [-0.1, -0.05) is 39.0 Å². The SMILES string of the molecule is CC(C)(C)c1ccc2c(c1)C1(CCNCC1)[C@@H](CC(F)(F)C(F)(F)F)N2C(=O)c1c(F)cccc1F. The van der Waals surface area contributed by atoms with E-state index in [1.807, 2.05) is 20.8 Å². The van der Waals surface area contributed by atoms with E-state index in [2.05, 4.69) is 5.32 Å². The summed E-state index contributed by atoms with van der Waals surface area (Å²) < 4.78 is 98.5. The predicted molar refractivity (Wildman–Crippen MR) is 121 cm³/mol. The Labute approximate surface area is 204 Å². The Balaban J connectivity index is 1.97. The first kappa shape index (κ1) is 26.4. The molecule has 1 saturated heterocycles. The number of alkyl halides is 5. The molecule has 3 nitrogen and oxygen atoms in total. The van der Waals surface area contributed by atoms with E-state index in [1.54, 1.807) is 12.1 Å². The third kappa shape index (κ3) is 4.27. The van der Waals surface area contributed by atoms with E-state index in [0.717, 1.165) is 28.7 Å². The number of hydrogen-bond donors (Lipinski definition) is 1. The average Bonchev–Trinajstić information content (AvgIpc) is 3.01. The molecule has 36 heavy (non-hydrogen) atoms. The van der Waals surface area contributed by atoms with Crippen LogP contribution in [0.5, 0.6) is 0 Å². The summed E-state index contributed by atoms with van der Waals surface area (Å²) in [5, 5.41) is 3.09. The number of rotatable bonds is 3. The number of anilines is 1. The van der Waals surface area contributed by atoms with E-state index in [0.29, 0.717) is 18.7 Å². The van der Waals surface area contributed by atoms with Crippen molar-refractivity contribution in [2.45, 2.75) is 69.0 Å². The van der Waals surface area contributed by atoms with Gasteiger partial charge in [-0.3, -0.25) is 4.79 Å². The van der Waals surface area contributed by atoms with Crippen molar-refractivity contribution in [3.05, 3.63) is 64.7 Å².